The van der Waals surface area contributed by atoms with Gasteiger partial charge in [0.05, 0.1) is 18.0 Å². The Morgan fingerprint density at radius 2 is 1.08 bits per heavy atom. The maximum Gasteiger partial charge on any atom is 0.234 e. The Morgan fingerprint density at radius 3 is 1.53 bits per heavy atom. The molecule has 5 heterocycles. The zero-order valence-electron chi connectivity index (χ0n) is 20.1. The summed E-state index contributed by atoms with van der Waals surface area (Å²) in [4.78, 5) is 30.8. The second-order valence-corrected chi connectivity index (χ2v) is 10.8. The average molecular weight is 480 g/mol. The van der Waals surface area contributed by atoms with E-state index in [1.54, 1.807) is 0 Å². The molecule has 1 N–H and O–H groups in total. The monoisotopic (exact) mass is 479 g/mol. The molecule has 5 saturated heterocycles. The molecule has 3 aromatic rings. The minimum Gasteiger partial charge on any atom is -0.391 e. The summed E-state index contributed by atoms with van der Waals surface area (Å²) < 4.78 is 0. The highest BCUT2D eigenvalue weighted by Gasteiger charge is 2.66. The second-order valence-electron chi connectivity index (χ2n) is 10.8. The maximum atomic E-state index is 12.2. The van der Waals surface area contributed by atoms with Gasteiger partial charge in [0.15, 0.2) is 0 Å². The smallest absolute Gasteiger partial charge is 0.234 e. The van der Waals surface area contributed by atoms with Crippen LogP contribution in [0.5, 0.6) is 0 Å². The molecule has 6 heteroatoms. The summed E-state index contributed by atoms with van der Waals surface area (Å²) in [5.41, 5.74) is 3.42. The first-order valence-electron chi connectivity index (χ1n) is 12.7. The third kappa shape index (κ3) is 2.95. The molecule has 0 aromatic heterocycles. The highest BCUT2D eigenvalue weighted by Crippen LogP contribution is 2.56. The molecule has 3 aromatic carbocycles. The van der Waals surface area contributed by atoms with Crippen molar-refractivity contribution >= 4 is 17.5 Å². The molecule has 8 rings (SSSR count). The van der Waals surface area contributed by atoms with Crippen molar-refractivity contribution in [2.24, 2.45) is 0 Å². The Balaban J connectivity index is 1.28. The maximum absolute atomic E-state index is 12.2. The van der Waals surface area contributed by atoms with Crippen molar-refractivity contribution in [2.75, 3.05) is 31.1 Å². The van der Waals surface area contributed by atoms with Gasteiger partial charge in [-0.05, 0) is 28.8 Å². The van der Waals surface area contributed by atoms with Gasteiger partial charge in [0.1, 0.15) is 0 Å². The zero-order chi connectivity index (χ0) is 24.5. The fourth-order valence-corrected chi connectivity index (χ4v) is 7.42. The Morgan fingerprint density at radius 1 is 0.639 bits per heavy atom. The van der Waals surface area contributed by atoms with E-state index >= 15 is 0 Å². The molecular formula is C30H29N3O3. The number of piperidine rings is 2. The summed E-state index contributed by atoms with van der Waals surface area (Å²) in [5, 5.41) is 12.1. The van der Waals surface area contributed by atoms with Gasteiger partial charge >= 0.3 is 0 Å². The molecule has 0 atom stereocenters. The first kappa shape index (κ1) is 21.9. The first-order chi connectivity index (χ1) is 17.5. The second kappa shape index (κ2) is 7.84. The molecule has 0 unspecified atom stereocenters. The van der Waals surface area contributed by atoms with E-state index in [9.17, 15) is 14.7 Å². The lowest BCUT2D eigenvalue weighted by atomic mass is 9.54. The van der Waals surface area contributed by atoms with Crippen LogP contribution in [0.4, 0.5) is 5.69 Å². The summed E-state index contributed by atoms with van der Waals surface area (Å²) in [6.45, 7) is 3.11. The largest absolute Gasteiger partial charge is 0.391 e. The average Bonchev–Trinajstić information content (AvgIpc) is 3.25. The number of aliphatic hydroxyl groups excluding tert-OH is 1. The molecule has 0 aliphatic carbocycles. The van der Waals surface area contributed by atoms with E-state index in [1.807, 2.05) is 24.3 Å². The Bertz CT molecular complexity index is 1230. The van der Waals surface area contributed by atoms with Crippen LogP contribution in [-0.4, -0.2) is 59.0 Å². The first-order valence-corrected chi connectivity index (χ1v) is 12.7. The quantitative estimate of drug-likeness (QED) is 0.583. The lowest BCUT2D eigenvalue weighted by molar-refractivity contribution is -0.209. The molecule has 0 radical (unpaired) electrons. The number of aliphatic hydroxyl groups is 1. The minimum atomic E-state index is -0.488. The number of benzene rings is 3. The lowest BCUT2D eigenvalue weighted by Gasteiger charge is -2.69. The van der Waals surface area contributed by atoms with Crippen molar-refractivity contribution < 1.29 is 14.7 Å². The summed E-state index contributed by atoms with van der Waals surface area (Å²) >= 11 is 0. The molecule has 2 amide bonds. The van der Waals surface area contributed by atoms with E-state index in [0.29, 0.717) is 5.69 Å². The van der Waals surface area contributed by atoms with Crippen molar-refractivity contribution in [1.29, 1.82) is 0 Å². The van der Waals surface area contributed by atoms with Crippen LogP contribution < -0.4 is 4.90 Å². The van der Waals surface area contributed by atoms with Crippen LogP contribution in [0.2, 0.25) is 0 Å². The summed E-state index contributed by atoms with van der Waals surface area (Å²) in [6.07, 6.45) is 0.176. The number of carbonyl (C=O) groups is 2. The number of hydrogen-bond acceptors (Lipinski definition) is 5. The van der Waals surface area contributed by atoms with Gasteiger partial charge in [-0.3, -0.25) is 24.3 Å². The summed E-state index contributed by atoms with van der Waals surface area (Å²) in [5.74, 6) is -0.253. The molecule has 5 aliphatic rings. The third-order valence-corrected chi connectivity index (χ3v) is 8.88. The van der Waals surface area contributed by atoms with Crippen molar-refractivity contribution in [3.63, 3.8) is 0 Å². The molecule has 4 bridgehead atoms. The predicted molar refractivity (Wildman–Crippen MR) is 136 cm³/mol. The van der Waals surface area contributed by atoms with Crippen LogP contribution in [0.15, 0.2) is 84.9 Å². The number of anilines is 1. The lowest BCUT2D eigenvalue weighted by Crippen LogP contribution is -2.81. The molecule has 5 fully saturated rings. The molecule has 6 nitrogen and oxygen atoms in total. The van der Waals surface area contributed by atoms with E-state index in [4.69, 9.17) is 0 Å². The number of rotatable bonds is 4. The highest BCUT2D eigenvalue weighted by atomic mass is 16.3. The molecule has 0 spiro atoms. The normalized spacial score (nSPS) is 35.0. The third-order valence-electron chi connectivity index (χ3n) is 8.88. The van der Waals surface area contributed by atoms with E-state index in [0.717, 1.165) is 31.7 Å². The van der Waals surface area contributed by atoms with Crippen LogP contribution in [0, 0.1) is 0 Å². The van der Waals surface area contributed by atoms with Crippen molar-refractivity contribution in [2.45, 2.75) is 35.9 Å². The summed E-state index contributed by atoms with van der Waals surface area (Å²) in [7, 11) is 0. The molecule has 5 aliphatic heterocycles. The van der Waals surface area contributed by atoms with Crippen molar-refractivity contribution in [3.8, 4) is 0 Å². The van der Waals surface area contributed by atoms with E-state index in [-0.39, 0.29) is 41.7 Å². The molecule has 36 heavy (non-hydrogen) atoms. The summed E-state index contributed by atoms with van der Waals surface area (Å²) in [6, 6.07) is 28.9. The highest BCUT2D eigenvalue weighted by molar-refractivity contribution is 6.19. The van der Waals surface area contributed by atoms with Gasteiger partial charge in [-0.25, -0.2) is 0 Å². The van der Waals surface area contributed by atoms with Gasteiger partial charge in [-0.2, -0.15) is 0 Å². The van der Waals surface area contributed by atoms with Crippen LogP contribution in [0.3, 0.4) is 0 Å². The Kier molecular flexibility index (Phi) is 4.77. The zero-order valence-corrected chi connectivity index (χ0v) is 20.1. The number of hydrogen-bond donors (Lipinski definition) is 1. The van der Waals surface area contributed by atoms with Gasteiger partial charge in [0.25, 0.3) is 0 Å². The molecule has 0 saturated carbocycles. The topological polar surface area (TPSA) is 64.1 Å². The van der Waals surface area contributed by atoms with Gasteiger partial charge in [-0.1, -0.05) is 72.8 Å². The van der Waals surface area contributed by atoms with Gasteiger partial charge in [-0.15, -0.1) is 0 Å². The number of amides is 2. The van der Waals surface area contributed by atoms with E-state index < -0.39 is 6.10 Å². The number of carbonyl (C=O) groups excluding carboxylic acids is 2. The van der Waals surface area contributed by atoms with Crippen LogP contribution in [0.25, 0.3) is 0 Å². The fraction of sp³-hybridized carbons (Fsp3) is 0.333. The Hall–Kier alpha value is -3.32. The molecular weight excluding hydrogens is 450 g/mol. The van der Waals surface area contributed by atoms with Crippen molar-refractivity contribution in [1.82, 2.24) is 9.80 Å². The number of imide groups is 1. The van der Waals surface area contributed by atoms with Gasteiger partial charge in [0, 0.05) is 49.9 Å². The standard InChI is InChI=1S/C30H29N3O3/c34-25-15-16-26(35)33(25)24-13-11-21(12-14-24)27-31-17-29(22-7-3-1-4-8-22)18-32(27)20-30(19-31,28(29)36)23-9-5-2-6-10-23/h1-14,27-28,36H,15-20H2. The van der Waals surface area contributed by atoms with E-state index in [1.165, 1.54) is 16.0 Å². The van der Waals surface area contributed by atoms with Gasteiger partial charge < -0.3 is 5.11 Å². The SMILES string of the molecule is O=C1CCC(=O)N1c1ccc(C2N3CC4(c5ccccc5)CN2CC(c2ccccc2)(C3)C4O)cc1. The van der Waals surface area contributed by atoms with E-state index in [2.05, 4.69) is 70.5 Å². The molecule has 182 valence electrons. The van der Waals surface area contributed by atoms with Crippen LogP contribution in [-0.2, 0) is 20.4 Å². The fourth-order valence-electron chi connectivity index (χ4n) is 7.42. The van der Waals surface area contributed by atoms with Crippen LogP contribution >= 0.6 is 0 Å². The van der Waals surface area contributed by atoms with Crippen molar-refractivity contribution in [3.05, 3.63) is 102 Å². The van der Waals surface area contributed by atoms with Gasteiger partial charge in [0.2, 0.25) is 11.8 Å². The minimum absolute atomic E-state index is 0.0882. The number of nitrogens with zero attached hydrogens (tertiary/aromatic N) is 3. The Labute approximate surface area is 210 Å². The van der Waals surface area contributed by atoms with Crippen LogP contribution in [0.1, 0.15) is 35.7 Å². The predicted octanol–water partition coefficient (Wildman–Crippen LogP) is 3.22.